The molecule has 0 bridgehead atoms. The predicted octanol–water partition coefficient (Wildman–Crippen LogP) is 3.83. The monoisotopic (exact) mass is 299 g/mol. The van der Waals surface area contributed by atoms with Crippen LogP contribution in [0.1, 0.15) is 44.4 Å². The number of hydrogen-bond acceptors (Lipinski definition) is 4. The number of thiophene rings is 1. The standard InChI is InChI=1S/C16H29NO2S/c1-13(2)10-17-11-14-6-7-15(20-14)12-18-8-9-19-16(3,4)5/h6-7,13,17H,8-12H2,1-5H3. The van der Waals surface area contributed by atoms with E-state index in [2.05, 4.69) is 52.1 Å². The number of nitrogens with one attached hydrogen (secondary N) is 1. The van der Waals surface area contributed by atoms with Crippen LogP contribution in [-0.4, -0.2) is 25.4 Å². The molecule has 0 saturated heterocycles. The number of hydrogen-bond donors (Lipinski definition) is 1. The fourth-order valence-corrected chi connectivity index (χ4v) is 2.58. The fraction of sp³-hybridized carbons (Fsp3) is 0.750. The molecule has 0 unspecified atom stereocenters. The Bertz CT molecular complexity index is 369. The van der Waals surface area contributed by atoms with E-state index < -0.39 is 0 Å². The second-order valence-corrected chi connectivity index (χ2v) is 7.66. The molecule has 4 heteroatoms. The Morgan fingerprint density at radius 2 is 1.85 bits per heavy atom. The molecule has 0 radical (unpaired) electrons. The average Bonchev–Trinajstić information content (AvgIpc) is 2.74. The minimum atomic E-state index is -0.0818. The second-order valence-electron chi connectivity index (χ2n) is 6.41. The molecule has 0 fully saturated rings. The van der Waals surface area contributed by atoms with Crippen LogP contribution in [0.3, 0.4) is 0 Å². The maximum atomic E-state index is 5.64. The van der Waals surface area contributed by atoms with Gasteiger partial charge in [0.25, 0.3) is 0 Å². The van der Waals surface area contributed by atoms with Crippen molar-refractivity contribution in [2.75, 3.05) is 19.8 Å². The van der Waals surface area contributed by atoms with Gasteiger partial charge < -0.3 is 14.8 Å². The molecule has 1 aromatic rings. The molecular weight excluding hydrogens is 270 g/mol. The van der Waals surface area contributed by atoms with Crippen molar-refractivity contribution in [3.8, 4) is 0 Å². The van der Waals surface area contributed by atoms with Gasteiger partial charge in [0.15, 0.2) is 0 Å². The van der Waals surface area contributed by atoms with Crippen molar-refractivity contribution in [1.29, 1.82) is 0 Å². The van der Waals surface area contributed by atoms with Crippen molar-refractivity contribution >= 4 is 11.3 Å². The minimum Gasteiger partial charge on any atom is -0.374 e. The second kappa shape index (κ2) is 8.78. The maximum Gasteiger partial charge on any atom is 0.0810 e. The highest BCUT2D eigenvalue weighted by Gasteiger charge is 2.09. The summed E-state index contributed by atoms with van der Waals surface area (Å²) in [4.78, 5) is 2.65. The zero-order valence-electron chi connectivity index (χ0n) is 13.5. The summed E-state index contributed by atoms with van der Waals surface area (Å²) in [6.07, 6.45) is 0. The lowest BCUT2D eigenvalue weighted by molar-refractivity contribution is -0.0373. The van der Waals surface area contributed by atoms with Gasteiger partial charge in [-0.15, -0.1) is 11.3 Å². The summed E-state index contributed by atoms with van der Waals surface area (Å²) >= 11 is 1.82. The van der Waals surface area contributed by atoms with E-state index in [0.29, 0.717) is 25.7 Å². The highest BCUT2D eigenvalue weighted by molar-refractivity contribution is 7.11. The van der Waals surface area contributed by atoms with Crippen LogP contribution in [0.15, 0.2) is 12.1 Å². The van der Waals surface area contributed by atoms with Gasteiger partial charge in [-0.25, -0.2) is 0 Å². The molecule has 1 heterocycles. The quantitative estimate of drug-likeness (QED) is 0.703. The Morgan fingerprint density at radius 1 is 1.15 bits per heavy atom. The zero-order chi connectivity index (χ0) is 15.0. The molecule has 0 aliphatic rings. The lowest BCUT2D eigenvalue weighted by Crippen LogP contribution is -2.21. The van der Waals surface area contributed by atoms with Crippen LogP contribution in [0.25, 0.3) is 0 Å². The minimum absolute atomic E-state index is 0.0818. The first-order valence-corrected chi connectivity index (χ1v) is 8.18. The molecule has 0 amide bonds. The molecule has 0 saturated carbocycles. The van der Waals surface area contributed by atoms with Gasteiger partial charge in [0.1, 0.15) is 0 Å². The largest absolute Gasteiger partial charge is 0.374 e. The first-order valence-electron chi connectivity index (χ1n) is 7.37. The van der Waals surface area contributed by atoms with Gasteiger partial charge in [0.05, 0.1) is 25.4 Å². The predicted molar refractivity (Wildman–Crippen MR) is 86.2 cm³/mol. The molecule has 1 N–H and O–H groups in total. The fourth-order valence-electron chi connectivity index (χ4n) is 1.66. The molecule has 0 aliphatic heterocycles. The lowest BCUT2D eigenvalue weighted by atomic mass is 10.2. The molecule has 1 aromatic heterocycles. The van der Waals surface area contributed by atoms with Crippen molar-refractivity contribution in [1.82, 2.24) is 5.32 Å². The van der Waals surface area contributed by atoms with E-state index in [4.69, 9.17) is 9.47 Å². The Labute approximate surface area is 127 Å². The first-order chi connectivity index (χ1) is 9.37. The van der Waals surface area contributed by atoms with Crippen LogP contribution >= 0.6 is 11.3 Å². The van der Waals surface area contributed by atoms with Crippen LogP contribution in [0, 0.1) is 5.92 Å². The van der Waals surface area contributed by atoms with Gasteiger partial charge in [0, 0.05) is 16.3 Å². The van der Waals surface area contributed by atoms with E-state index in [1.807, 2.05) is 11.3 Å². The normalized spacial score (nSPS) is 12.3. The molecule has 0 spiro atoms. The summed E-state index contributed by atoms with van der Waals surface area (Å²) in [5.41, 5.74) is -0.0818. The van der Waals surface area contributed by atoms with Crippen LogP contribution in [0.2, 0.25) is 0 Å². The Kier molecular flexibility index (Phi) is 7.74. The highest BCUT2D eigenvalue weighted by atomic mass is 32.1. The zero-order valence-corrected chi connectivity index (χ0v) is 14.3. The van der Waals surface area contributed by atoms with Gasteiger partial charge in [-0.3, -0.25) is 0 Å². The van der Waals surface area contributed by atoms with Gasteiger partial charge >= 0.3 is 0 Å². The van der Waals surface area contributed by atoms with Crippen LogP contribution < -0.4 is 5.32 Å². The summed E-state index contributed by atoms with van der Waals surface area (Å²) in [5.74, 6) is 0.695. The van der Waals surface area contributed by atoms with Gasteiger partial charge in [-0.1, -0.05) is 13.8 Å². The molecule has 116 valence electrons. The van der Waals surface area contributed by atoms with Crippen molar-refractivity contribution in [3.05, 3.63) is 21.9 Å². The first kappa shape index (κ1) is 17.6. The van der Waals surface area contributed by atoms with Crippen molar-refractivity contribution in [2.45, 2.75) is 53.4 Å². The lowest BCUT2D eigenvalue weighted by Gasteiger charge is -2.19. The maximum absolute atomic E-state index is 5.64. The molecular formula is C16H29NO2S. The Balaban J connectivity index is 2.14. The van der Waals surface area contributed by atoms with Crippen LogP contribution in [0.4, 0.5) is 0 Å². The molecule has 0 aliphatic carbocycles. The molecule has 20 heavy (non-hydrogen) atoms. The third-order valence-corrected chi connectivity index (χ3v) is 3.63. The Morgan fingerprint density at radius 3 is 2.50 bits per heavy atom. The van der Waals surface area contributed by atoms with Gasteiger partial charge in [-0.2, -0.15) is 0 Å². The van der Waals surface area contributed by atoms with Gasteiger partial charge in [0.2, 0.25) is 0 Å². The van der Waals surface area contributed by atoms with Crippen molar-refractivity contribution in [2.24, 2.45) is 5.92 Å². The van der Waals surface area contributed by atoms with Crippen LogP contribution in [0.5, 0.6) is 0 Å². The molecule has 1 rings (SSSR count). The summed E-state index contributed by atoms with van der Waals surface area (Å²) in [5, 5.41) is 3.46. The van der Waals surface area contributed by atoms with Crippen molar-refractivity contribution in [3.63, 3.8) is 0 Å². The molecule has 0 aromatic carbocycles. The third-order valence-electron chi connectivity index (χ3n) is 2.58. The van der Waals surface area contributed by atoms with Crippen LogP contribution in [-0.2, 0) is 22.6 Å². The average molecular weight is 299 g/mol. The van der Waals surface area contributed by atoms with E-state index in [1.54, 1.807) is 0 Å². The van der Waals surface area contributed by atoms with Gasteiger partial charge in [-0.05, 0) is 45.4 Å². The van der Waals surface area contributed by atoms with E-state index in [9.17, 15) is 0 Å². The van der Waals surface area contributed by atoms with Crippen molar-refractivity contribution < 1.29 is 9.47 Å². The van der Waals surface area contributed by atoms with E-state index in [0.717, 1.165) is 13.1 Å². The molecule has 3 nitrogen and oxygen atoms in total. The number of rotatable bonds is 9. The number of ether oxygens (including phenoxy) is 2. The topological polar surface area (TPSA) is 30.5 Å². The SMILES string of the molecule is CC(C)CNCc1ccc(COCCOC(C)(C)C)s1. The van der Waals surface area contributed by atoms with E-state index in [1.165, 1.54) is 9.75 Å². The summed E-state index contributed by atoms with van der Waals surface area (Å²) < 4.78 is 11.3. The smallest absolute Gasteiger partial charge is 0.0810 e. The highest BCUT2D eigenvalue weighted by Crippen LogP contribution is 2.17. The summed E-state index contributed by atoms with van der Waals surface area (Å²) in [6, 6.07) is 4.34. The third kappa shape index (κ3) is 8.69. The van der Waals surface area contributed by atoms with E-state index >= 15 is 0 Å². The van der Waals surface area contributed by atoms with E-state index in [-0.39, 0.29) is 5.60 Å². The molecule has 0 atom stereocenters. The summed E-state index contributed by atoms with van der Waals surface area (Å²) in [6.45, 7) is 14.6. The summed E-state index contributed by atoms with van der Waals surface area (Å²) in [7, 11) is 0. The Hall–Kier alpha value is -0.420.